The van der Waals surface area contributed by atoms with Crippen molar-refractivity contribution in [2.75, 3.05) is 44.7 Å². The number of methoxy groups -OCH3 is 3. The van der Waals surface area contributed by atoms with E-state index in [2.05, 4.69) is 5.32 Å². The lowest BCUT2D eigenvalue weighted by atomic mass is 9.92. The van der Waals surface area contributed by atoms with Gasteiger partial charge < -0.3 is 33.9 Å². The molecule has 0 unspecified atom stereocenters. The molecule has 0 aromatic heterocycles. The Morgan fingerprint density at radius 1 is 0.978 bits per heavy atom. The summed E-state index contributed by atoms with van der Waals surface area (Å²) in [5.41, 5.74) is 1.52. The van der Waals surface area contributed by atoms with Gasteiger partial charge in [0.25, 0.3) is 5.91 Å². The van der Waals surface area contributed by atoms with Crippen LogP contribution in [-0.4, -0.2) is 64.3 Å². The fourth-order valence-corrected chi connectivity index (χ4v) is 5.40. The fourth-order valence-electron chi connectivity index (χ4n) is 5.22. The van der Waals surface area contributed by atoms with Gasteiger partial charge in [-0.15, -0.1) is 0 Å². The van der Waals surface area contributed by atoms with E-state index in [1.165, 1.54) is 39.2 Å². The van der Waals surface area contributed by atoms with Crippen molar-refractivity contribution in [3.05, 3.63) is 82.4 Å². The second-order valence-electron chi connectivity index (χ2n) is 11.5. The quantitative estimate of drug-likeness (QED) is 0.264. The Labute approximate surface area is 272 Å². The largest absolute Gasteiger partial charge is 0.493 e. The highest BCUT2D eigenvalue weighted by Crippen LogP contribution is 2.45. The zero-order chi connectivity index (χ0) is 33.6. The number of ether oxygens (including phenoxy) is 5. The Morgan fingerprint density at radius 3 is 2.39 bits per heavy atom. The van der Waals surface area contributed by atoms with Crippen LogP contribution in [0.4, 0.5) is 11.4 Å². The van der Waals surface area contributed by atoms with Crippen molar-refractivity contribution in [1.82, 2.24) is 0 Å². The van der Waals surface area contributed by atoms with Gasteiger partial charge >= 0.3 is 11.9 Å². The predicted molar refractivity (Wildman–Crippen MR) is 172 cm³/mol. The molecule has 46 heavy (non-hydrogen) atoms. The maximum Gasteiger partial charge on any atom is 0.337 e. The first-order chi connectivity index (χ1) is 21.9. The molecule has 0 saturated carbocycles. The van der Waals surface area contributed by atoms with Crippen molar-refractivity contribution < 1.29 is 42.9 Å². The van der Waals surface area contributed by atoms with Crippen LogP contribution in [0.2, 0.25) is 5.02 Å². The highest BCUT2D eigenvalue weighted by atomic mass is 35.5. The highest BCUT2D eigenvalue weighted by Gasteiger charge is 2.41. The molecule has 1 N–H and O–H groups in total. The standard InChI is InChI=1S/C34H37ClN2O9/c1-20(38)45-19-34(2,3)18-37-26-14-13-22(35)16-25(26)30(24-11-8-12-27(42-4)31(24)43-5)46-28(32(37)40)17-29(39)36-23-10-7-9-21(15-23)33(41)44-6/h7-16,28,30H,17-19H2,1-6H3,(H,36,39)/t28-,30-/m1/s1. The van der Waals surface area contributed by atoms with Crippen LogP contribution in [0.25, 0.3) is 0 Å². The number of fused-ring (bicyclic) bond motifs is 1. The van der Waals surface area contributed by atoms with Gasteiger partial charge in [-0.2, -0.15) is 0 Å². The lowest BCUT2D eigenvalue weighted by molar-refractivity contribution is -0.144. The summed E-state index contributed by atoms with van der Waals surface area (Å²) in [6.07, 6.45) is -2.56. The number of nitrogens with one attached hydrogen (secondary N) is 1. The van der Waals surface area contributed by atoms with E-state index >= 15 is 0 Å². The maximum absolute atomic E-state index is 14.4. The molecule has 0 saturated heterocycles. The van der Waals surface area contributed by atoms with E-state index in [9.17, 15) is 19.2 Å². The molecule has 0 bridgehead atoms. The number of amides is 2. The van der Waals surface area contributed by atoms with E-state index in [1.807, 2.05) is 13.8 Å². The van der Waals surface area contributed by atoms with Gasteiger partial charge in [-0.05, 0) is 42.5 Å². The van der Waals surface area contributed by atoms with Crippen molar-refractivity contribution in [1.29, 1.82) is 0 Å². The molecule has 1 aliphatic heterocycles. The van der Waals surface area contributed by atoms with Gasteiger partial charge in [0.05, 0.1) is 39.9 Å². The average Bonchev–Trinajstić information content (AvgIpc) is 3.13. The molecule has 0 spiro atoms. The zero-order valence-corrected chi connectivity index (χ0v) is 27.3. The molecule has 1 aliphatic rings. The molecule has 11 nitrogen and oxygen atoms in total. The number of benzene rings is 3. The van der Waals surface area contributed by atoms with E-state index in [1.54, 1.807) is 54.6 Å². The minimum Gasteiger partial charge on any atom is -0.493 e. The van der Waals surface area contributed by atoms with Crippen LogP contribution in [-0.2, 0) is 28.6 Å². The third kappa shape index (κ3) is 7.96. The van der Waals surface area contributed by atoms with Crippen LogP contribution >= 0.6 is 11.6 Å². The molecular formula is C34H37ClN2O9. The van der Waals surface area contributed by atoms with Crippen LogP contribution in [0.5, 0.6) is 11.5 Å². The number of carbonyl (C=O) groups excluding carboxylic acids is 4. The third-order valence-electron chi connectivity index (χ3n) is 7.31. The van der Waals surface area contributed by atoms with Crippen LogP contribution in [0, 0.1) is 5.41 Å². The first-order valence-corrected chi connectivity index (χ1v) is 14.8. The Balaban J connectivity index is 1.79. The van der Waals surface area contributed by atoms with Crippen LogP contribution in [0.3, 0.4) is 0 Å². The van der Waals surface area contributed by atoms with Gasteiger partial charge in [-0.25, -0.2) is 4.79 Å². The molecule has 3 aromatic rings. The fraction of sp³-hybridized carbons (Fsp3) is 0.353. The Hall–Kier alpha value is -4.61. The summed E-state index contributed by atoms with van der Waals surface area (Å²) >= 11 is 6.50. The number of hydrogen-bond donors (Lipinski definition) is 1. The predicted octanol–water partition coefficient (Wildman–Crippen LogP) is 5.58. The Bertz CT molecular complexity index is 1620. The Kier molecular flexibility index (Phi) is 10.9. The molecule has 4 rings (SSSR count). The summed E-state index contributed by atoms with van der Waals surface area (Å²) in [7, 11) is 4.28. The SMILES string of the molecule is COC(=O)c1cccc(NC(=O)C[C@H]2O[C@H](c3cccc(OC)c3OC)c3cc(Cl)ccc3N(CC(C)(C)COC(C)=O)C2=O)c1. The number of para-hydroxylation sites is 1. The van der Waals surface area contributed by atoms with Gasteiger partial charge in [0.15, 0.2) is 11.5 Å². The van der Waals surface area contributed by atoms with E-state index in [4.69, 9.17) is 35.3 Å². The van der Waals surface area contributed by atoms with Gasteiger partial charge in [-0.1, -0.05) is 43.6 Å². The topological polar surface area (TPSA) is 130 Å². The van der Waals surface area contributed by atoms with Gasteiger partial charge in [0.1, 0.15) is 12.2 Å². The molecule has 0 radical (unpaired) electrons. The van der Waals surface area contributed by atoms with Crippen molar-refractivity contribution in [3.8, 4) is 11.5 Å². The highest BCUT2D eigenvalue weighted by molar-refractivity contribution is 6.30. The van der Waals surface area contributed by atoms with Crippen molar-refractivity contribution in [2.45, 2.75) is 39.4 Å². The van der Waals surface area contributed by atoms with Crippen LogP contribution in [0.15, 0.2) is 60.7 Å². The van der Waals surface area contributed by atoms with Crippen LogP contribution in [0.1, 0.15) is 54.8 Å². The number of hydrogen-bond acceptors (Lipinski definition) is 9. The summed E-state index contributed by atoms with van der Waals surface area (Å²) in [4.78, 5) is 53.0. The molecule has 2 atom stereocenters. The zero-order valence-electron chi connectivity index (χ0n) is 26.5. The van der Waals surface area contributed by atoms with Gasteiger partial charge in [0.2, 0.25) is 5.91 Å². The maximum atomic E-state index is 14.4. The van der Waals surface area contributed by atoms with Gasteiger partial charge in [-0.3, -0.25) is 14.4 Å². The lowest BCUT2D eigenvalue weighted by Crippen LogP contribution is -2.46. The van der Waals surface area contributed by atoms with E-state index < -0.39 is 41.4 Å². The number of carbonyl (C=O) groups is 4. The molecule has 3 aromatic carbocycles. The molecule has 0 aliphatic carbocycles. The molecule has 2 amide bonds. The van der Waals surface area contributed by atoms with Crippen molar-refractivity contribution >= 4 is 46.7 Å². The first-order valence-electron chi connectivity index (χ1n) is 14.5. The summed E-state index contributed by atoms with van der Waals surface area (Å²) in [6.45, 7) is 5.22. The number of nitrogens with zero attached hydrogens (tertiary/aromatic N) is 1. The number of anilines is 2. The third-order valence-corrected chi connectivity index (χ3v) is 7.55. The Morgan fingerprint density at radius 2 is 1.72 bits per heavy atom. The lowest BCUT2D eigenvalue weighted by Gasteiger charge is -2.33. The molecule has 244 valence electrons. The number of esters is 2. The minimum atomic E-state index is -1.28. The first kappa shape index (κ1) is 34.3. The van der Waals surface area contributed by atoms with E-state index in [0.717, 1.165) is 0 Å². The van der Waals surface area contributed by atoms with E-state index in [-0.39, 0.29) is 25.1 Å². The van der Waals surface area contributed by atoms with Crippen molar-refractivity contribution in [3.63, 3.8) is 0 Å². The smallest absolute Gasteiger partial charge is 0.337 e. The van der Waals surface area contributed by atoms with Crippen LogP contribution < -0.4 is 19.7 Å². The summed E-state index contributed by atoms with van der Waals surface area (Å²) in [5.74, 6) is -1.18. The monoisotopic (exact) mass is 652 g/mol. The second kappa shape index (κ2) is 14.7. The summed E-state index contributed by atoms with van der Waals surface area (Å²) < 4.78 is 27.9. The van der Waals surface area contributed by atoms with E-state index in [0.29, 0.717) is 39.0 Å². The van der Waals surface area contributed by atoms with Crippen molar-refractivity contribution in [2.24, 2.45) is 5.41 Å². The molecular weight excluding hydrogens is 616 g/mol. The molecule has 0 fully saturated rings. The average molecular weight is 653 g/mol. The molecule has 1 heterocycles. The number of halogens is 1. The number of rotatable bonds is 11. The summed E-state index contributed by atoms with van der Waals surface area (Å²) in [5, 5.41) is 3.16. The minimum absolute atomic E-state index is 0.0463. The summed E-state index contributed by atoms with van der Waals surface area (Å²) in [6, 6.07) is 16.7. The van der Waals surface area contributed by atoms with Gasteiger partial charge in [0, 0.05) is 46.4 Å². The molecule has 12 heteroatoms. The normalized spacial score (nSPS) is 16.2. The second-order valence-corrected chi connectivity index (χ2v) is 11.9.